The molecule has 3 aromatic rings. The number of esters is 1. The first-order chi connectivity index (χ1) is 17.6. The van der Waals surface area contributed by atoms with Gasteiger partial charge in [0.25, 0.3) is 0 Å². The topological polar surface area (TPSA) is 63.2 Å². The van der Waals surface area contributed by atoms with Crippen LogP contribution in [0.2, 0.25) is 0 Å². The number of aryl methyl sites for hydroxylation is 1. The van der Waals surface area contributed by atoms with Gasteiger partial charge in [-0.1, -0.05) is 24.3 Å². The molecule has 1 unspecified atom stereocenters. The zero-order valence-electron chi connectivity index (χ0n) is 20.6. The molecule has 0 saturated carbocycles. The smallest absolute Gasteiger partial charge is 0.305 e. The Bertz CT molecular complexity index is 1170. The maximum atomic E-state index is 14.8. The van der Waals surface area contributed by atoms with Crippen LogP contribution in [0.3, 0.4) is 0 Å². The first-order valence-electron chi connectivity index (χ1n) is 12.1. The molecule has 1 heterocycles. The lowest BCUT2D eigenvalue weighted by Gasteiger charge is -2.25. The molecular weight excluding hydrogens is 463 g/mol. The van der Waals surface area contributed by atoms with Crippen LogP contribution >= 0.6 is 0 Å². The van der Waals surface area contributed by atoms with E-state index in [2.05, 4.69) is 0 Å². The van der Waals surface area contributed by atoms with Gasteiger partial charge in [-0.2, -0.15) is 0 Å². The SMILES string of the molecule is COC(=O)CCc1cccc(OCc2ccc(-c3cc(OC)ccc3F)c(OC3CCCCO3)c2)c1. The Labute approximate surface area is 210 Å². The van der Waals surface area contributed by atoms with Gasteiger partial charge in [0.15, 0.2) is 6.29 Å². The van der Waals surface area contributed by atoms with Crippen molar-refractivity contribution in [1.82, 2.24) is 0 Å². The minimum atomic E-state index is -0.381. The van der Waals surface area contributed by atoms with Crippen LogP contribution < -0.4 is 14.2 Å². The third kappa shape index (κ3) is 6.76. The molecular formula is C29H31FO6. The summed E-state index contributed by atoms with van der Waals surface area (Å²) < 4.78 is 42.8. The van der Waals surface area contributed by atoms with E-state index in [0.29, 0.717) is 54.4 Å². The minimum Gasteiger partial charge on any atom is -0.497 e. The Morgan fingerprint density at radius 1 is 0.972 bits per heavy atom. The molecule has 0 radical (unpaired) electrons. The van der Waals surface area contributed by atoms with Crippen LogP contribution in [0, 0.1) is 5.82 Å². The lowest BCUT2D eigenvalue weighted by Crippen LogP contribution is -2.25. The molecule has 190 valence electrons. The van der Waals surface area contributed by atoms with Gasteiger partial charge in [0.2, 0.25) is 0 Å². The quantitative estimate of drug-likeness (QED) is 0.318. The first kappa shape index (κ1) is 25.5. The fourth-order valence-corrected chi connectivity index (χ4v) is 4.07. The lowest BCUT2D eigenvalue weighted by molar-refractivity contribution is -0.140. The van der Waals surface area contributed by atoms with Crippen molar-refractivity contribution in [2.75, 3.05) is 20.8 Å². The zero-order valence-corrected chi connectivity index (χ0v) is 20.6. The molecule has 0 aliphatic carbocycles. The Morgan fingerprint density at radius 2 is 1.86 bits per heavy atom. The van der Waals surface area contributed by atoms with E-state index in [1.165, 1.54) is 13.2 Å². The minimum absolute atomic E-state index is 0.247. The number of halogens is 1. The van der Waals surface area contributed by atoms with E-state index in [4.69, 9.17) is 23.7 Å². The summed E-state index contributed by atoms with van der Waals surface area (Å²) in [4.78, 5) is 11.4. The average molecular weight is 495 g/mol. The number of hydrogen-bond donors (Lipinski definition) is 0. The van der Waals surface area contributed by atoms with E-state index in [-0.39, 0.29) is 18.1 Å². The van der Waals surface area contributed by atoms with Crippen LogP contribution in [0.15, 0.2) is 60.7 Å². The molecule has 0 spiro atoms. The summed E-state index contributed by atoms with van der Waals surface area (Å²) >= 11 is 0. The van der Waals surface area contributed by atoms with E-state index >= 15 is 0 Å². The summed E-state index contributed by atoms with van der Waals surface area (Å²) in [5.41, 5.74) is 2.87. The number of carbonyl (C=O) groups excluding carboxylic acids is 1. The normalized spacial score (nSPS) is 15.2. The molecule has 3 aromatic carbocycles. The predicted molar refractivity (Wildman–Crippen MR) is 134 cm³/mol. The van der Waals surface area contributed by atoms with E-state index < -0.39 is 0 Å². The molecule has 0 amide bonds. The van der Waals surface area contributed by atoms with Gasteiger partial charge in [-0.25, -0.2) is 4.39 Å². The molecule has 1 fully saturated rings. The lowest BCUT2D eigenvalue weighted by atomic mass is 10.0. The number of benzene rings is 3. The van der Waals surface area contributed by atoms with Gasteiger partial charge in [-0.05, 0) is 66.8 Å². The molecule has 4 rings (SSSR count). The van der Waals surface area contributed by atoms with Crippen molar-refractivity contribution < 1.29 is 32.9 Å². The Morgan fingerprint density at radius 3 is 2.64 bits per heavy atom. The molecule has 1 atom stereocenters. The van der Waals surface area contributed by atoms with E-state index in [1.54, 1.807) is 19.2 Å². The molecule has 0 N–H and O–H groups in total. The maximum Gasteiger partial charge on any atom is 0.305 e. The van der Waals surface area contributed by atoms with Crippen molar-refractivity contribution in [2.24, 2.45) is 0 Å². The molecule has 1 aliphatic heterocycles. The van der Waals surface area contributed by atoms with Gasteiger partial charge in [-0.3, -0.25) is 4.79 Å². The molecule has 7 heteroatoms. The molecule has 1 aliphatic rings. The number of methoxy groups -OCH3 is 2. The average Bonchev–Trinajstić information content (AvgIpc) is 2.92. The van der Waals surface area contributed by atoms with E-state index in [9.17, 15) is 9.18 Å². The highest BCUT2D eigenvalue weighted by Crippen LogP contribution is 2.36. The summed E-state index contributed by atoms with van der Waals surface area (Å²) in [6.45, 7) is 0.936. The molecule has 6 nitrogen and oxygen atoms in total. The third-order valence-electron chi connectivity index (χ3n) is 6.06. The second-order valence-corrected chi connectivity index (χ2v) is 8.60. The molecule has 0 aromatic heterocycles. The van der Waals surface area contributed by atoms with Gasteiger partial charge in [-0.15, -0.1) is 0 Å². The van der Waals surface area contributed by atoms with Crippen molar-refractivity contribution >= 4 is 5.97 Å². The van der Waals surface area contributed by atoms with Gasteiger partial charge in [0.1, 0.15) is 29.7 Å². The van der Waals surface area contributed by atoms with E-state index in [1.807, 2.05) is 42.5 Å². The van der Waals surface area contributed by atoms with Crippen molar-refractivity contribution in [2.45, 2.75) is 45.0 Å². The van der Waals surface area contributed by atoms with Crippen LogP contribution in [0.1, 0.15) is 36.8 Å². The molecule has 1 saturated heterocycles. The van der Waals surface area contributed by atoms with Crippen LogP contribution in [0.4, 0.5) is 4.39 Å². The van der Waals surface area contributed by atoms with Crippen LogP contribution in [0.25, 0.3) is 11.1 Å². The predicted octanol–water partition coefficient (Wildman–Crippen LogP) is 6.09. The van der Waals surface area contributed by atoms with Crippen LogP contribution in [0.5, 0.6) is 17.2 Å². The zero-order chi connectivity index (χ0) is 25.3. The van der Waals surface area contributed by atoms with Crippen LogP contribution in [-0.4, -0.2) is 33.1 Å². The standard InChI is InChI=1S/C29H31FO6/c1-32-22-11-13-26(30)25(18-22)24-12-9-21(17-27(24)36-29-8-3-4-15-34-29)19-35-23-7-5-6-20(16-23)10-14-28(31)33-2/h5-7,9,11-13,16-18,29H,3-4,8,10,14-15,19H2,1-2H3. The van der Waals surface area contributed by atoms with Crippen molar-refractivity contribution in [1.29, 1.82) is 0 Å². The number of hydrogen-bond acceptors (Lipinski definition) is 6. The largest absolute Gasteiger partial charge is 0.497 e. The van der Waals surface area contributed by atoms with E-state index in [0.717, 1.165) is 30.4 Å². The van der Waals surface area contributed by atoms with Gasteiger partial charge in [0, 0.05) is 24.0 Å². The Balaban J connectivity index is 1.54. The molecule has 36 heavy (non-hydrogen) atoms. The summed E-state index contributed by atoms with van der Waals surface area (Å²) in [6, 6.07) is 17.9. The van der Waals surface area contributed by atoms with Gasteiger partial charge >= 0.3 is 5.97 Å². The number of rotatable bonds is 10. The van der Waals surface area contributed by atoms with Gasteiger partial charge < -0.3 is 23.7 Å². The Kier molecular flexibility index (Phi) is 8.79. The highest BCUT2D eigenvalue weighted by Gasteiger charge is 2.20. The molecule has 0 bridgehead atoms. The van der Waals surface area contributed by atoms with Crippen molar-refractivity contribution in [3.05, 3.63) is 77.6 Å². The van der Waals surface area contributed by atoms with Gasteiger partial charge in [0.05, 0.1) is 20.8 Å². The van der Waals surface area contributed by atoms with Crippen LogP contribution in [-0.2, 0) is 27.3 Å². The summed E-state index contributed by atoms with van der Waals surface area (Å²) in [5, 5.41) is 0. The first-order valence-corrected chi connectivity index (χ1v) is 12.1. The highest BCUT2D eigenvalue weighted by atomic mass is 19.1. The Hall–Kier alpha value is -3.58. The third-order valence-corrected chi connectivity index (χ3v) is 6.06. The van der Waals surface area contributed by atoms with Crippen molar-refractivity contribution in [3.8, 4) is 28.4 Å². The fourth-order valence-electron chi connectivity index (χ4n) is 4.07. The number of ether oxygens (including phenoxy) is 5. The fraction of sp³-hybridized carbons (Fsp3) is 0.345. The summed E-state index contributed by atoms with van der Waals surface area (Å²) in [5.74, 6) is 1.17. The number of carbonyl (C=O) groups is 1. The summed E-state index contributed by atoms with van der Waals surface area (Å²) in [7, 11) is 2.93. The highest BCUT2D eigenvalue weighted by molar-refractivity contribution is 5.73. The maximum absolute atomic E-state index is 14.8. The second kappa shape index (κ2) is 12.4. The monoisotopic (exact) mass is 494 g/mol. The van der Waals surface area contributed by atoms with Crippen molar-refractivity contribution in [3.63, 3.8) is 0 Å². The second-order valence-electron chi connectivity index (χ2n) is 8.60. The summed E-state index contributed by atoms with van der Waals surface area (Å²) in [6.07, 6.45) is 3.30.